The number of piperidine rings is 1. The first-order chi connectivity index (χ1) is 9.34. The Balaban J connectivity index is 1.53. The molecule has 4 heteroatoms. The van der Waals surface area contributed by atoms with Crippen molar-refractivity contribution in [3.8, 4) is 0 Å². The SMILES string of the molecule is O=C(C1CCCCC1)N1CCC(c2c[nH]cn2)CC1. The molecule has 1 amide bonds. The van der Waals surface area contributed by atoms with Gasteiger partial charge in [0.15, 0.2) is 0 Å². The highest BCUT2D eigenvalue weighted by atomic mass is 16.2. The zero-order valence-electron chi connectivity index (χ0n) is 11.5. The van der Waals surface area contributed by atoms with E-state index in [-0.39, 0.29) is 0 Å². The number of nitrogens with zero attached hydrogens (tertiary/aromatic N) is 2. The van der Waals surface area contributed by atoms with E-state index < -0.39 is 0 Å². The fourth-order valence-corrected chi connectivity index (χ4v) is 3.50. The van der Waals surface area contributed by atoms with Crippen LogP contribution in [-0.4, -0.2) is 33.9 Å². The number of H-pyrrole nitrogens is 1. The van der Waals surface area contributed by atoms with Crippen molar-refractivity contribution < 1.29 is 4.79 Å². The summed E-state index contributed by atoms with van der Waals surface area (Å²) < 4.78 is 0. The maximum atomic E-state index is 12.5. The number of aromatic nitrogens is 2. The second-order valence-electron chi connectivity index (χ2n) is 5.93. The van der Waals surface area contributed by atoms with Crippen LogP contribution in [0.4, 0.5) is 0 Å². The summed E-state index contributed by atoms with van der Waals surface area (Å²) in [5.74, 6) is 1.26. The second-order valence-corrected chi connectivity index (χ2v) is 5.93. The van der Waals surface area contributed by atoms with Gasteiger partial charge in [0.2, 0.25) is 5.91 Å². The molecule has 0 unspecified atom stereocenters. The average molecular weight is 261 g/mol. The Morgan fingerprint density at radius 2 is 1.89 bits per heavy atom. The van der Waals surface area contributed by atoms with Crippen LogP contribution < -0.4 is 0 Å². The van der Waals surface area contributed by atoms with Crippen molar-refractivity contribution in [2.45, 2.75) is 50.9 Å². The maximum absolute atomic E-state index is 12.5. The molecule has 0 spiro atoms. The molecule has 1 saturated carbocycles. The van der Waals surface area contributed by atoms with Crippen LogP contribution in [0.2, 0.25) is 0 Å². The topological polar surface area (TPSA) is 49.0 Å². The summed E-state index contributed by atoms with van der Waals surface area (Å²) in [6.07, 6.45) is 11.9. The summed E-state index contributed by atoms with van der Waals surface area (Å²) >= 11 is 0. The summed E-state index contributed by atoms with van der Waals surface area (Å²) in [5.41, 5.74) is 1.16. The molecule has 2 heterocycles. The summed E-state index contributed by atoms with van der Waals surface area (Å²) in [4.78, 5) is 21.9. The summed E-state index contributed by atoms with van der Waals surface area (Å²) in [6, 6.07) is 0. The van der Waals surface area contributed by atoms with Crippen molar-refractivity contribution >= 4 is 5.91 Å². The molecule has 1 aromatic heterocycles. The van der Waals surface area contributed by atoms with Gasteiger partial charge in [-0.05, 0) is 25.7 Å². The third kappa shape index (κ3) is 2.82. The molecule has 4 nitrogen and oxygen atoms in total. The Morgan fingerprint density at radius 1 is 1.16 bits per heavy atom. The molecule has 1 aromatic rings. The highest BCUT2D eigenvalue weighted by Crippen LogP contribution is 2.30. The molecule has 0 atom stereocenters. The zero-order valence-corrected chi connectivity index (χ0v) is 11.5. The Labute approximate surface area is 114 Å². The first kappa shape index (κ1) is 12.7. The van der Waals surface area contributed by atoms with Gasteiger partial charge in [-0.15, -0.1) is 0 Å². The molecule has 1 saturated heterocycles. The minimum Gasteiger partial charge on any atom is -0.351 e. The zero-order chi connectivity index (χ0) is 13.1. The van der Waals surface area contributed by atoms with Crippen LogP contribution in [-0.2, 0) is 4.79 Å². The lowest BCUT2D eigenvalue weighted by Gasteiger charge is -2.34. The van der Waals surface area contributed by atoms with Gasteiger partial charge in [-0.3, -0.25) is 4.79 Å². The van der Waals surface area contributed by atoms with Crippen LogP contribution in [0, 0.1) is 5.92 Å². The minimum absolute atomic E-state index is 0.315. The van der Waals surface area contributed by atoms with Crippen molar-refractivity contribution in [1.29, 1.82) is 0 Å². The highest BCUT2D eigenvalue weighted by molar-refractivity contribution is 5.79. The standard InChI is InChI=1S/C15H23N3O/c19-15(13-4-2-1-3-5-13)18-8-6-12(7-9-18)14-10-16-11-17-14/h10-13H,1-9H2,(H,16,17). The Bertz CT molecular complexity index is 401. The summed E-state index contributed by atoms with van der Waals surface area (Å²) in [5, 5.41) is 0. The maximum Gasteiger partial charge on any atom is 0.225 e. The number of rotatable bonds is 2. The number of hydrogen-bond acceptors (Lipinski definition) is 2. The smallest absolute Gasteiger partial charge is 0.225 e. The first-order valence-electron chi connectivity index (χ1n) is 7.62. The fraction of sp³-hybridized carbons (Fsp3) is 0.733. The molecule has 1 aliphatic carbocycles. The molecule has 1 N–H and O–H groups in total. The lowest BCUT2D eigenvalue weighted by molar-refractivity contribution is -0.137. The number of carbonyl (C=O) groups is 1. The van der Waals surface area contributed by atoms with E-state index >= 15 is 0 Å². The van der Waals surface area contributed by atoms with E-state index in [9.17, 15) is 4.79 Å². The van der Waals surface area contributed by atoms with Crippen LogP contribution in [0.3, 0.4) is 0 Å². The average Bonchev–Trinajstić information content (AvgIpc) is 3.02. The number of aromatic amines is 1. The molecule has 19 heavy (non-hydrogen) atoms. The van der Waals surface area contributed by atoms with E-state index in [0.717, 1.165) is 44.5 Å². The van der Waals surface area contributed by atoms with Crippen LogP contribution >= 0.6 is 0 Å². The third-order valence-electron chi connectivity index (χ3n) is 4.70. The van der Waals surface area contributed by atoms with Gasteiger partial charge >= 0.3 is 0 Å². The number of imidazole rings is 1. The van der Waals surface area contributed by atoms with Gasteiger partial charge in [-0.2, -0.15) is 0 Å². The highest BCUT2D eigenvalue weighted by Gasteiger charge is 2.29. The van der Waals surface area contributed by atoms with Crippen molar-refractivity contribution in [3.05, 3.63) is 18.2 Å². The number of likely N-dealkylation sites (tertiary alicyclic amines) is 1. The number of carbonyl (C=O) groups excluding carboxylic acids is 1. The molecule has 0 aromatic carbocycles. The quantitative estimate of drug-likeness (QED) is 0.889. The van der Waals surface area contributed by atoms with E-state index in [1.54, 1.807) is 6.33 Å². The molecule has 1 aliphatic heterocycles. The van der Waals surface area contributed by atoms with Gasteiger partial charge in [-0.25, -0.2) is 4.98 Å². The van der Waals surface area contributed by atoms with Gasteiger partial charge in [0.1, 0.15) is 0 Å². The number of amides is 1. The van der Waals surface area contributed by atoms with Crippen molar-refractivity contribution in [3.63, 3.8) is 0 Å². The van der Waals surface area contributed by atoms with Crippen molar-refractivity contribution in [2.75, 3.05) is 13.1 Å². The van der Waals surface area contributed by atoms with Crippen molar-refractivity contribution in [1.82, 2.24) is 14.9 Å². The Morgan fingerprint density at radius 3 is 2.53 bits per heavy atom. The van der Waals surface area contributed by atoms with E-state index in [4.69, 9.17) is 0 Å². The van der Waals surface area contributed by atoms with E-state index in [2.05, 4.69) is 14.9 Å². The predicted molar refractivity (Wildman–Crippen MR) is 73.7 cm³/mol. The largest absolute Gasteiger partial charge is 0.351 e. The number of hydrogen-bond donors (Lipinski definition) is 1. The van der Waals surface area contributed by atoms with Crippen LogP contribution in [0.15, 0.2) is 12.5 Å². The lowest BCUT2D eigenvalue weighted by atomic mass is 9.87. The summed E-state index contributed by atoms with van der Waals surface area (Å²) in [7, 11) is 0. The molecule has 2 aliphatic rings. The molecular weight excluding hydrogens is 238 g/mol. The fourth-order valence-electron chi connectivity index (χ4n) is 3.50. The Hall–Kier alpha value is -1.32. The van der Waals surface area contributed by atoms with E-state index in [0.29, 0.717) is 17.7 Å². The van der Waals surface area contributed by atoms with E-state index in [1.165, 1.54) is 19.3 Å². The van der Waals surface area contributed by atoms with Crippen molar-refractivity contribution in [2.24, 2.45) is 5.92 Å². The molecule has 104 valence electrons. The molecule has 0 radical (unpaired) electrons. The Kier molecular flexibility index (Phi) is 3.85. The third-order valence-corrected chi connectivity index (χ3v) is 4.70. The molecule has 3 rings (SSSR count). The van der Waals surface area contributed by atoms with Gasteiger partial charge in [0.25, 0.3) is 0 Å². The molecule has 2 fully saturated rings. The predicted octanol–water partition coefficient (Wildman–Crippen LogP) is 2.70. The van der Waals surface area contributed by atoms with Crippen LogP contribution in [0.5, 0.6) is 0 Å². The van der Waals surface area contributed by atoms with Gasteiger partial charge in [0.05, 0.1) is 12.0 Å². The summed E-state index contributed by atoms with van der Waals surface area (Å²) in [6.45, 7) is 1.82. The van der Waals surface area contributed by atoms with Crippen LogP contribution in [0.25, 0.3) is 0 Å². The normalized spacial score (nSPS) is 22.6. The second kappa shape index (κ2) is 5.76. The van der Waals surface area contributed by atoms with Gasteiger partial charge in [-0.1, -0.05) is 19.3 Å². The van der Waals surface area contributed by atoms with Gasteiger partial charge in [0, 0.05) is 31.1 Å². The van der Waals surface area contributed by atoms with Gasteiger partial charge < -0.3 is 9.88 Å². The van der Waals surface area contributed by atoms with Crippen LogP contribution in [0.1, 0.15) is 56.6 Å². The van der Waals surface area contributed by atoms with E-state index in [1.807, 2.05) is 6.20 Å². The minimum atomic E-state index is 0.315. The monoisotopic (exact) mass is 261 g/mol. The molecule has 0 bridgehead atoms. The first-order valence-corrected chi connectivity index (χ1v) is 7.62. The molecular formula is C15H23N3O. The lowest BCUT2D eigenvalue weighted by Crippen LogP contribution is -2.41. The number of nitrogens with one attached hydrogen (secondary N) is 1.